The van der Waals surface area contributed by atoms with E-state index in [2.05, 4.69) is 45.1 Å². The van der Waals surface area contributed by atoms with Crippen LogP contribution in [0, 0.1) is 5.92 Å². The van der Waals surface area contributed by atoms with Crippen LogP contribution in [0.4, 0.5) is 4.79 Å². The third-order valence-electron chi connectivity index (χ3n) is 9.67. The average molecular weight is 810 g/mol. The zero-order valence-corrected chi connectivity index (χ0v) is 37.4. The Hall–Kier alpha value is -2.43. The van der Waals surface area contributed by atoms with Crippen molar-refractivity contribution < 1.29 is 42.8 Å². The van der Waals surface area contributed by atoms with Crippen LogP contribution in [0.25, 0.3) is 0 Å². The first-order valence-corrected chi connectivity index (χ1v) is 23.1. The minimum atomic E-state index is -0.808. The Morgan fingerprint density at radius 1 is 0.491 bits per heavy atom. The van der Waals surface area contributed by atoms with E-state index in [1.807, 2.05) is 19.0 Å². The molecule has 0 aromatic carbocycles. The molecule has 0 amide bonds. The molecule has 57 heavy (non-hydrogen) atoms. The smallest absolute Gasteiger partial charge is 0.465 e. The Balaban J connectivity index is 4.72. The molecule has 0 saturated carbocycles. The van der Waals surface area contributed by atoms with Gasteiger partial charge in [-0.2, -0.15) is 0 Å². The van der Waals surface area contributed by atoms with Crippen molar-refractivity contribution in [1.82, 2.24) is 4.90 Å². The highest BCUT2D eigenvalue weighted by molar-refractivity contribution is 5.69. The van der Waals surface area contributed by atoms with Crippen molar-refractivity contribution >= 4 is 18.1 Å². The molecular weight excluding hydrogens is 723 g/mol. The quantitative estimate of drug-likeness (QED) is 0.0194. The lowest BCUT2D eigenvalue weighted by Crippen LogP contribution is -2.28. The molecule has 0 aliphatic heterocycles. The molecule has 0 fully saturated rings. The molecular formula is C47H87NO9. The van der Waals surface area contributed by atoms with Gasteiger partial charge >= 0.3 is 18.1 Å². The highest BCUT2D eigenvalue weighted by atomic mass is 16.7. The van der Waals surface area contributed by atoms with Crippen LogP contribution in [-0.4, -0.2) is 89.6 Å². The highest BCUT2D eigenvalue weighted by Gasteiger charge is 2.20. The van der Waals surface area contributed by atoms with Crippen LogP contribution >= 0.6 is 0 Å². The largest absolute Gasteiger partial charge is 0.508 e. The predicted octanol–water partition coefficient (Wildman–Crippen LogP) is 12.1. The number of unbranched alkanes of at least 4 members (excludes halogenated alkanes) is 18. The molecule has 0 radical (unpaired) electrons. The number of ether oxygens (including phenoxy) is 6. The Morgan fingerprint density at radius 3 is 1.51 bits per heavy atom. The highest BCUT2D eigenvalue weighted by Crippen LogP contribution is 2.14. The lowest BCUT2D eigenvalue weighted by atomic mass is 10.1. The number of carbonyl (C=O) groups is 3. The van der Waals surface area contributed by atoms with E-state index in [9.17, 15) is 14.4 Å². The third kappa shape index (κ3) is 41.5. The summed E-state index contributed by atoms with van der Waals surface area (Å²) in [6, 6.07) is 0. The molecule has 0 spiro atoms. The third-order valence-corrected chi connectivity index (χ3v) is 9.67. The molecule has 0 aromatic rings. The normalized spacial score (nSPS) is 12.3. The zero-order chi connectivity index (χ0) is 41.9. The van der Waals surface area contributed by atoms with Gasteiger partial charge in [-0.15, -0.1) is 0 Å². The van der Waals surface area contributed by atoms with Crippen LogP contribution in [-0.2, 0) is 38.0 Å². The summed E-state index contributed by atoms with van der Waals surface area (Å²) in [7, 11) is 3.77. The molecule has 0 aliphatic rings. The van der Waals surface area contributed by atoms with Crippen molar-refractivity contribution in [1.29, 1.82) is 0 Å². The Morgan fingerprint density at radius 2 is 0.947 bits per heavy atom. The minimum Gasteiger partial charge on any atom is -0.465 e. The average Bonchev–Trinajstić information content (AvgIpc) is 3.19. The van der Waals surface area contributed by atoms with E-state index in [4.69, 9.17) is 28.4 Å². The van der Waals surface area contributed by atoms with Crippen molar-refractivity contribution in [2.45, 2.75) is 194 Å². The molecule has 10 nitrogen and oxygen atoms in total. The van der Waals surface area contributed by atoms with Gasteiger partial charge in [0.2, 0.25) is 0 Å². The van der Waals surface area contributed by atoms with Gasteiger partial charge in [0.05, 0.1) is 12.3 Å². The fraction of sp³-hybridized carbons (Fsp3) is 0.851. The molecule has 10 heteroatoms. The van der Waals surface area contributed by atoms with Crippen molar-refractivity contribution in [3.05, 3.63) is 24.3 Å². The fourth-order valence-electron chi connectivity index (χ4n) is 5.97. The van der Waals surface area contributed by atoms with Gasteiger partial charge in [0.1, 0.15) is 26.4 Å². The van der Waals surface area contributed by atoms with Gasteiger partial charge in [0.25, 0.3) is 0 Å². The van der Waals surface area contributed by atoms with Crippen molar-refractivity contribution in [3.63, 3.8) is 0 Å². The lowest BCUT2D eigenvalue weighted by Gasteiger charge is -2.20. The molecule has 0 aromatic heterocycles. The number of carbonyl (C=O) groups excluding carboxylic acids is 3. The SMILES string of the molecule is CCCCC/C=C\C/C=C\CCCCCCCC(=O)OCC(COC(=O)CCC(OCCCCCCCC)OCCCCCCCC)COC(=O)OCCN(C)C. The van der Waals surface area contributed by atoms with E-state index in [-0.39, 0.29) is 38.8 Å². The lowest BCUT2D eigenvalue weighted by molar-refractivity contribution is -0.161. The molecule has 0 rings (SSSR count). The van der Waals surface area contributed by atoms with Gasteiger partial charge in [-0.05, 0) is 65.5 Å². The maximum Gasteiger partial charge on any atom is 0.508 e. The molecule has 0 N–H and O–H groups in total. The summed E-state index contributed by atoms with van der Waals surface area (Å²) in [4.78, 5) is 39.5. The van der Waals surface area contributed by atoms with Crippen molar-refractivity contribution in [2.24, 2.45) is 5.92 Å². The second-order valence-electron chi connectivity index (χ2n) is 15.7. The van der Waals surface area contributed by atoms with E-state index in [0.717, 1.165) is 70.6 Å². The van der Waals surface area contributed by atoms with Gasteiger partial charge in [-0.1, -0.05) is 141 Å². The summed E-state index contributed by atoms with van der Waals surface area (Å²) in [5.41, 5.74) is 0. The first kappa shape index (κ1) is 54.6. The summed E-state index contributed by atoms with van der Waals surface area (Å²) in [6.45, 7) is 8.45. The van der Waals surface area contributed by atoms with Crippen molar-refractivity contribution in [3.8, 4) is 0 Å². The predicted molar refractivity (Wildman–Crippen MR) is 232 cm³/mol. The molecule has 334 valence electrons. The summed E-state index contributed by atoms with van der Waals surface area (Å²) in [5, 5.41) is 0. The number of hydrogen-bond donors (Lipinski definition) is 0. The molecule has 0 bridgehead atoms. The second-order valence-corrected chi connectivity index (χ2v) is 15.7. The zero-order valence-electron chi connectivity index (χ0n) is 37.4. The van der Waals surface area contributed by atoms with Gasteiger partial charge in [-0.3, -0.25) is 9.59 Å². The number of esters is 2. The number of allylic oxidation sites excluding steroid dienone is 4. The van der Waals surface area contributed by atoms with E-state index < -0.39 is 24.3 Å². The maximum absolute atomic E-state index is 12.9. The molecule has 0 saturated heterocycles. The summed E-state index contributed by atoms with van der Waals surface area (Å²) < 4.78 is 33.7. The number of hydrogen-bond acceptors (Lipinski definition) is 10. The van der Waals surface area contributed by atoms with Gasteiger partial charge < -0.3 is 33.3 Å². The number of nitrogens with zero attached hydrogens (tertiary/aromatic N) is 1. The topological polar surface area (TPSA) is 110 Å². The van der Waals surface area contributed by atoms with Crippen molar-refractivity contribution in [2.75, 3.05) is 60.3 Å². The van der Waals surface area contributed by atoms with Gasteiger partial charge in [-0.25, -0.2) is 4.79 Å². The van der Waals surface area contributed by atoms with Gasteiger partial charge in [0, 0.05) is 32.6 Å². The minimum absolute atomic E-state index is 0.0251. The van der Waals surface area contributed by atoms with Crippen LogP contribution in [0.2, 0.25) is 0 Å². The molecule has 1 atom stereocenters. The van der Waals surface area contributed by atoms with Crippen LogP contribution in [0.3, 0.4) is 0 Å². The van der Waals surface area contributed by atoms with Gasteiger partial charge in [0.15, 0.2) is 6.29 Å². The van der Waals surface area contributed by atoms with Crippen LogP contribution in [0.1, 0.15) is 188 Å². The first-order chi connectivity index (χ1) is 27.8. The van der Waals surface area contributed by atoms with Crippen LogP contribution < -0.4 is 0 Å². The molecule has 0 aliphatic carbocycles. The standard InChI is InChI=1S/C47H87NO9/c1-6-9-12-15-18-19-20-21-22-23-24-25-26-27-30-33-44(49)55-40-43(42-57-47(51)54-39-36-48(4)5)41-56-45(50)34-35-46(52-37-31-28-16-13-10-7-2)53-38-32-29-17-14-11-8-3/h18-19,21-22,43,46H,6-17,20,23-42H2,1-5H3/b19-18-,22-21-. The Bertz CT molecular complexity index is 953. The second kappa shape index (κ2) is 43.2. The van der Waals surface area contributed by atoms with E-state index >= 15 is 0 Å². The van der Waals surface area contributed by atoms with Crippen LogP contribution in [0.15, 0.2) is 24.3 Å². The van der Waals surface area contributed by atoms with E-state index in [0.29, 0.717) is 32.6 Å². The summed E-state index contributed by atoms with van der Waals surface area (Å²) in [6.07, 6.45) is 34.9. The maximum atomic E-state index is 12.9. The monoisotopic (exact) mass is 810 g/mol. The number of rotatable bonds is 42. The summed E-state index contributed by atoms with van der Waals surface area (Å²) >= 11 is 0. The molecule has 0 heterocycles. The number of likely N-dealkylation sites (N-methyl/N-ethyl adjacent to an activating group) is 1. The van der Waals surface area contributed by atoms with Crippen LogP contribution in [0.5, 0.6) is 0 Å². The Kier molecular flexibility index (Phi) is 41.3. The van der Waals surface area contributed by atoms with E-state index in [1.54, 1.807) is 0 Å². The Labute approximate surface area is 349 Å². The first-order valence-electron chi connectivity index (χ1n) is 23.1. The van der Waals surface area contributed by atoms with E-state index in [1.165, 1.54) is 77.0 Å². The summed E-state index contributed by atoms with van der Waals surface area (Å²) in [5.74, 6) is -1.23. The fourth-order valence-corrected chi connectivity index (χ4v) is 5.97. The molecule has 1 unspecified atom stereocenters.